The van der Waals surface area contributed by atoms with Crippen LogP contribution in [-0.4, -0.2) is 81.5 Å². The Morgan fingerprint density at radius 2 is 1.84 bits per heavy atom. The molecule has 0 radical (unpaired) electrons. The number of allylic oxidation sites excluding steroid dienone is 1. The van der Waals surface area contributed by atoms with E-state index < -0.39 is 65.6 Å². The molecule has 3 amide bonds. The molecule has 5 rings (SSSR count). The van der Waals surface area contributed by atoms with E-state index in [9.17, 15) is 24.3 Å². The molecule has 0 saturated carbocycles. The molecule has 3 fully saturated rings. The van der Waals surface area contributed by atoms with Crippen molar-refractivity contribution in [2.45, 2.75) is 87.2 Å². The molecule has 10 nitrogen and oxygen atoms in total. The quantitative estimate of drug-likeness (QED) is 0.126. The number of esters is 1. The molecule has 3 aliphatic heterocycles. The normalized spacial score (nSPS) is 27.2. The lowest BCUT2D eigenvalue weighted by molar-refractivity contribution is -0.162. The van der Waals surface area contributed by atoms with E-state index in [1.807, 2.05) is 44.2 Å². The van der Waals surface area contributed by atoms with Gasteiger partial charge in [-0.1, -0.05) is 90.3 Å². The van der Waals surface area contributed by atoms with Gasteiger partial charge in [-0.05, 0) is 55.5 Å². The van der Waals surface area contributed by atoms with Gasteiger partial charge in [0.25, 0.3) is 5.91 Å². The molecule has 3 heterocycles. The Morgan fingerprint density at radius 3 is 2.45 bits per heavy atom. The van der Waals surface area contributed by atoms with Crippen LogP contribution in [0.5, 0.6) is 0 Å². The summed E-state index contributed by atoms with van der Waals surface area (Å²) >= 11 is 9.91. The Balaban J connectivity index is 1.55. The van der Waals surface area contributed by atoms with Gasteiger partial charge >= 0.3 is 5.97 Å². The average Bonchev–Trinajstić information content (AvgIpc) is 3.72. The van der Waals surface area contributed by atoms with Gasteiger partial charge < -0.3 is 29.7 Å². The topological polar surface area (TPSA) is 125 Å². The summed E-state index contributed by atoms with van der Waals surface area (Å²) in [6.45, 7) is 12.9. The lowest BCUT2D eigenvalue weighted by Gasteiger charge is -2.41. The number of fused-ring (bicyclic) bond motifs is 1. The predicted octanol–water partition coefficient (Wildman–Crippen LogP) is 5.77. The number of anilines is 1. The van der Waals surface area contributed by atoms with E-state index in [-0.39, 0.29) is 42.6 Å². The van der Waals surface area contributed by atoms with E-state index in [0.717, 1.165) is 0 Å². The van der Waals surface area contributed by atoms with Crippen molar-refractivity contribution in [3.63, 3.8) is 0 Å². The van der Waals surface area contributed by atoms with Crippen molar-refractivity contribution in [1.29, 1.82) is 0 Å². The van der Waals surface area contributed by atoms with E-state index in [2.05, 4.69) is 34.4 Å². The molecule has 2 aromatic carbocycles. The van der Waals surface area contributed by atoms with Gasteiger partial charge in [0.1, 0.15) is 17.7 Å². The average molecular weight is 785 g/mol. The molecule has 3 saturated heterocycles. The number of halogens is 2. The standard InChI is InChI=1S/C39H47BrClN3O7/c1-6-9-15-30(46)42-24(5)33(25-13-11-10-12-14-25)50-38(49)31-32-36(47)44(29(22-45)23(4)8-3)35(39(32)21-28(40)34(31)51-39)37(48)43(20-7-2)27-18-16-26(41)17-19-27/h6-7,10-14,16-19,23-24,28-29,31-35,45H,1-2,8-9,15,20-22H2,3-5H3,(H,42,46)/t23-,24+,28?,29-,31-,32+,33+,34-,35-,39+/m0/s1. The Morgan fingerprint density at radius 1 is 1.16 bits per heavy atom. The second-order valence-electron chi connectivity index (χ2n) is 13.7. The minimum absolute atomic E-state index is 0.134. The fraction of sp³-hybridized carbons (Fsp3) is 0.487. The van der Waals surface area contributed by atoms with Crippen molar-refractivity contribution in [3.05, 3.63) is 90.5 Å². The van der Waals surface area contributed by atoms with Gasteiger partial charge in [-0.15, -0.1) is 13.2 Å². The number of likely N-dealkylation sites (tertiary alicyclic amines) is 1. The molecule has 3 aliphatic rings. The molecule has 0 aliphatic carbocycles. The number of nitrogens with zero attached hydrogens (tertiary/aromatic N) is 2. The molecule has 10 atom stereocenters. The number of hydrogen-bond acceptors (Lipinski definition) is 7. The first-order valence-electron chi connectivity index (χ1n) is 17.5. The number of rotatable bonds is 16. The summed E-state index contributed by atoms with van der Waals surface area (Å²) in [6, 6.07) is 13.4. The molecule has 2 aromatic rings. The summed E-state index contributed by atoms with van der Waals surface area (Å²) in [5.74, 6) is -4.03. The lowest BCUT2D eigenvalue weighted by Crippen LogP contribution is -2.60. The van der Waals surface area contributed by atoms with E-state index in [1.165, 1.54) is 9.80 Å². The smallest absolute Gasteiger partial charge is 0.313 e. The maximum atomic E-state index is 15.0. The first-order valence-corrected chi connectivity index (χ1v) is 18.8. The Bertz CT molecular complexity index is 1610. The number of nitrogens with one attached hydrogen (secondary N) is 1. The van der Waals surface area contributed by atoms with Crippen LogP contribution in [0.4, 0.5) is 5.69 Å². The molecule has 2 N–H and O–H groups in total. The zero-order chi connectivity index (χ0) is 37.0. The summed E-state index contributed by atoms with van der Waals surface area (Å²) < 4.78 is 13.0. The SMILES string of the molecule is C=CCCC(=O)N[C@H](C)[C@@H](OC(=O)[C@@H]1[C@H]2O[C@@]3(CC2Br)[C@H](C(=O)N(CC=C)c2ccc(Cl)cc2)N([C@@H](CO)[C@@H](C)CC)C(=O)[C@@H]13)c1ccccc1. The van der Waals surface area contributed by atoms with Crippen molar-refractivity contribution in [1.82, 2.24) is 10.2 Å². The minimum atomic E-state index is -1.39. The summed E-state index contributed by atoms with van der Waals surface area (Å²) in [5, 5.41) is 14.2. The number of ether oxygens (including phenoxy) is 2. The van der Waals surface area contributed by atoms with Gasteiger partial charge in [0.2, 0.25) is 11.8 Å². The third-order valence-corrected chi connectivity index (χ3v) is 11.7. The maximum Gasteiger partial charge on any atom is 0.313 e. The molecular formula is C39H47BrClN3O7. The Kier molecular flexibility index (Phi) is 12.5. The Labute approximate surface area is 313 Å². The van der Waals surface area contributed by atoms with Crippen molar-refractivity contribution < 1.29 is 33.8 Å². The largest absolute Gasteiger partial charge is 0.455 e. The van der Waals surface area contributed by atoms with Crippen molar-refractivity contribution >= 4 is 56.9 Å². The van der Waals surface area contributed by atoms with Crippen LogP contribution in [-0.2, 0) is 28.7 Å². The first-order chi connectivity index (χ1) is 24.4. The summed E-state index contributed by atoms with van der Waals surface area (Å²) in [7, 11) is 0. The van der Waals surface area contributed by atoms with Gasteiger partial charge in [-0.3, -0.25) is 19.2 Å². The van der Waals surface area contributed by atoms with Crippen LogP contribution < -0.4 is 10.2 Å². The highest BCUT2D eigenvalue weighted by molar-refractivity contribution is 9.09. The van der Waals surface area contributed by atoms with Crippen LogP contribution >= 0.6 is 27.5 Å². The number of carbonyl (C=O) groups is 4. The van der Waals surface area contributed by atoms with Crippen LogP contribution in [0.3, 0.4) is 0 Å². The van der Waals surface area contributed by atoms with E-state index in [4.69, 9.17) is 21.1 Å². The van der Waals surface area contributed by atoms with Gasteiger partial charge in [-0.2, -0.15) is 0 Å². The van der Waals surface area contributed by atoms with Crippen LogP contribution in [0.1, 0.15) is 58.1 Å². The third-order valence-electron chi connectivity index (χ3n) is 10.6. The van der Waals surface area contributed by atoms with Gasteiger partial charge in [0.05, 0.1) is 36.6 Å². The van der Waals surface area contributed by atoms with Crippen molar-refractivity contribution in [2.24, 2.45) is 17.8 Å². The summed E-state index contributed by atoms with van der Waals surface area (Å²) in [5.41, 5.74) is -0.172. The summed E-state index contributed by atoms with van der Waals surface area (Å²) in [6.07, 6.45) is 3.26. The number of carbonyl (C=O) groups excluding carboxylic acids is 4. The third kappa shape index (κ3) is 7.40. The van der Waals surface area contributed by atoms with E-state index in [1.54, 1.807) is 43.3 Å². The molecule has 1 spiro atoms. The highest BCUT2D eigenvalue weighted by Crippen LogP contribution is 2.61. The summed E-state index contributed by atoms with van der Waals surface area (Å²) in [4.78, 5) is 59.7. The molecule has 2 bridgehead atoms. The van der Waals surface area contributed by atoms with Crippen LogP contribution in [0.25, 0.3) is 0 Å². The zero-order valence-corrected chi connectivity index (χ0v) is 31.6. The Hall–Kier alpha value is -3.51. The molecule has 0 aromatic heterocycles. The minimum Gasteiger partial charge on any atom is -0.455 e. The fourth-order valence-corrected chi connectivity index (χ4v) is 9.02. The first kappa shape index (κ1) is 38.7. The molecular weight excluding hydrogens is 738 g/mol. The van der Waals surface area contributed by atoms with Crippen LogP contribution in [0.2, 0.25) is 5.02 Å². The van der Waals surface area contributed by atoms with Gasteiger partial charge in [-0.25, -0.2) is 0 Å². The van der Waals surface area contributed by atoms with Crippen LogP contribution in [0, 0.1) is 17.8 Å². The van der Waals surface area contributed by atoms with Crippen molar-refractivity contribution in [3.8, 4) is 0 Å². The molecule has 51 heavy (non-hydrogen) atoms. The highest BCUT2D eigenvalue weighted by Gasteiger charge is 2.78. The predicted molar refractivity (Wildman–Crippen MR) is 199 cm³/mol. The molecule has 12 heteroatoms. The van der Waals surface area contributed by atoms with Crippen LogP contribution in [0.15, 0.2) is 79.9 Å². The molecule has 1 unspecified atom stereocenters. The maximum absolute atomic E-state index is 15.0. The number of aliphatic hydroxyl groups is 1. The number of hydrogen-bond donors (Lipinski definition) is 2. The highest BCUT2D eigenvalue weighted by atomic mass is 79.9. The van der Waals surface area contributed by atoms with Crippen molar-refractivity contribution in [2.75, 3.05) is 18.1 Å². The zero-order valence-electron chi connectivity index (χ0n) is 29.3. The second kappa shape index (κ2) is 16.4. The number of benzene rings is 2. The number of aliphatic hydroxyl groups excluding tert-OH is 1. The van der Waals surface area contributed by atoms with Gasteiger partial charge in [0.15, 0.2) is 0 Å². The fourth-order valence-electron chi connectivity index (χ4n) is 7.95. The number of amides is 3. The second-order valence-corrected chi connectivity index (χ2v) is 15.3. The lowest BCUT2D eigenvalue weighted by atomic mass is 9.70. The van der Waals surface area contributed by atoms with Gasteiger partial charge in [0, 0.05) is 28.5 Å². The monoisotopic (exact) mass is 783 g/mol. The van der Waals surface area contributed by atoms with E-state index in [0.29, 0.717) is 29.1 Å². The number of alkyl halides is 1. The molecule has 274 valence electrons. The van der Waals surface area contributed by atoms with E-state index >= 15 is 0 Å².